The first-order chi connectivity index (χ1) is 7.85. The molecule has 3 atom stereocenters. The topological polar surface area (TPSA) is 29.5 Å². The molecule has 2 rings (SSSR count). The number of hydrogen-bond donors (Lipinski definition) is 1. The predicted molar refractivity (Wildman–Crippen MR) is 65.2 cm³/mol. The molecule has 92 valence electrons. The lowest BCUT2D eigenvalue weighted by Gasteiger charge is -2.23. The molecule has 0 aromatic carbocycles. The van der Waals surface area contributed by atoms with Crippen LogP contribution in [0.15, 0.2) is 11.6 Å². The summed E-state index contributed by atoms with van der Waals surface area (Å²) in [6.07, 6.45) is 8.28. The number of fused-ring (bicyclic) bond motifs is 2. The summed E-state index contributed by atoms with van der Waals surface area (Å²) in [5.74, 6) is 2.58. The number of unbranched alkanes of at least 4 members (excludes halogenated alkanes) is 1. The van der Waals surface area contributed by atoms with E-state index < -0.39 is 0 Å². The Labute approximate surface area is 98.7 Å². The van der Waals surface area contributed by atoms with Crippen LogP contribution in [-0.2, 0) is 4.74 Å². The van der Waals surface area contributed by atoms with Crippen LogP contribution in [0.3, 0.4) is 0 Å². The molecule has 2 nitrogen and oxygen atoms in total. The van der Waals surface area contributed by atoms with Gasteiger partial charge in [-0.3, -0.25) is 0 Å². The highest BCUT2D eigenvalue weighted by Crippen LogP contribution is 2.51. The second kappa shape index (κ2) is 5.83. The highest BCUT2D eigenvalue weighted by Gasteiger charge is 2.41. The minimum Gasteiger partial charge on any atom is -0.396 e. The standard InChI is InChI=1S/C14H24O2/c1-2-11-7-13-8-12(11)9-14(13)10-16-6-4-3-5-15/h2,12-15H,3-10H2,1H3/t12-,13+,14?/m0/s1. The molecule has 16 heavy (non-hydrogen) atoms. The summed E-state index contributed by atoms with van der Waals surface area (Å²) in [5.41, 5.74) is 1.70. The van der Waals surface area contributed by atoms with E-state index in [1.54, 1.807) is 5.57 Å². The average Bonchev–Trinajstić information content (AvgIpc) is 2.87. The number of aliphatic hydroxyl groups excluding tert-OH is 1. The van der Waals surface area contributed by atoms with E-state index in [-0.39, 0.29) is 0 Å². The number of rotatable bonds is 6. The number of aliphatic hydroxyl groups is 1. The Morgan fingerprint density at radius 1 is 1.38 bits per heavy atom. The zero-order valence-corrected chi connectivity index (χ0v) is 10.3. The number of hydrogen-bond acceptors (Lipinski definition) is 2. The lowest BCUT2D eigenvalue weighted by atomic mass is 9.86. The van der Waals surface area contributed by atoms with Crippen LogP contribution in [-0.4, -0.2) is 24.9 Å². The van der Waals surface area contributed by atoms with Gasteiger partial charge in [0.2, 0.25) is 0 Å². The van der Waals surface area contributed by atoms with Gasteiger partial charge in [-0.15, -0.1) is 0 Å². The van der Waals surface area contributed by atoms with E-state index in [1.165, 1.54) is 19.3 Å². The van der Waals surface area contributed by atoms with E-state index in [9.17, 15) is 0 Å². The van der Waals surface area contributed by atoms with E-state index in [2.05, 4.69) is 13.0 Å². The highest BCUT2D eigenvalue weighted by atomic mass is 16.5. The third-order valence-corrected chi connectivity index (χ3v) is 4.26. The van der Waals surface area contributed by atoms with Crippen molar-refractivity contribution in [1.29, 1.82) is 0 Å². The molecule has 2 aliphatic carbocycles. The smallest absolute Gasteiger partial charge is 0.0497 e. The fraction of sp³-hybridized carbons (Fsp3) is 0.857. The van der Waals surface area contributed by atoms with Gasteiger partial charge >= 0.3 is 0 Å². The van der Waals surface area contributed by atoms with Gasteiger partial charge in [0.1, 0.15) is 0 Å². The summed E-state index contributed by atoms with van der Waals surface area (Å²) in [6, 6.07) is 0. The molecule has 2 heteroatoms. The predicted octanol–water partition coefficient (Wildman–Crippen LogP) is 2.77. The Morgan fingerprint density at radius 3 is 2.88 bits per heavy atom. The van der Waals surface area contributed by atoms with Gasteiger partial charge in [0.25, 0.3) is 0 Å². The monoisotopic (exact) mass is 224 g/mol. The summed E-state index contributed by atoms with van der Waals surface area (Å²) in [7, 11) is 0. The zero-order chi connectivity index (χ0) is 11.4. The largest absolute Gasteiger partial charge is 0.396 e. The van der Waals surface area contributed by atoms with Crippen molar-refractivity contribution < 1.29 is 9.84 Å². The number of ether oxygens (including phenoxy) is 1. The molecule has 0 aromatic heterocycles. The second-order valence-corrected chi connectivity index (χ2v) is 5.26. The van der Waals surface area contributed by atoms with Crippen molar-refractivity contribution in [1.82, 2.24) is 0 Å². The van der Waals surface area contributed by atoms with Gasteiger partial charge in [-0.1, -0.05) is 11.6 Å². The maximum absolute atomic E-state index is 8.66. The molecule has 0 radical (unpaired) electrons. The summed E-state index contributed by atoms with van der Waals surface area (Å²) in [5, 5.41) is 8.66. The lowest BCUT2D eigenvalue weighted by molar-refractivity contribution is 0.0774. The van der Waals surface area contributed by atoms with Crippen molar-refractivity contribution >= 4 is 0 Å². The average molecular weight is 224 g/mol. The molecule has 2 saturated carbocycles. The highest BCUT2D eigenvalue weighted by molar-refractivity contribution is 5.17. The molecular weight excluding hydrogens is 200 g/mol. The molecule has 0 aliphatic heterocycles. The minimum atomic E-state index is 0.294. The Balaban J connectivity index is 1.63. The third kappa shape index (κ3) is 2.67. The minimum absolute atomic E-state index is 0.294. The summed E-state index contributed by atoms with van der Waals surface area (Å²) in [6.45, 7) is 4.24. The van der Waals surface area contributed by atoms with Crippen molar-refractivity contribution in [3.8, 4) is 0 Å². The van der Waals surface area contributed by atoms with E-state index in [0.29, 0.717) is 6.61 Å². The Kier molecular flexibility index (Phi) is 4.42. The van der Waals surface area contributed by atoms with Crippen LogP contribution < -0.4 is 0 Å². The SMILES string of the molecule is CC=C1C[C@@H]2C[C@H]1CC2COCCCCO. The maximum Gasteiger partial charge on any atom is 0.0497 e. The summed E-state index contributed by atoms with van der Waals surface area (Å²) >= 11 is 0. The first kappa shape index (κ1) is 12.1. The summed E-state index contributed by atoms with van der Waals surface area (Å²) in [4.78, 5) is 0. The van der Waals surface area contributed by atoms with Gasteiger partial charge in [0, 0.05) is 19.8 Å². The molecule has 0 saturated heterocycles. The molecule has 2 fully saturated rings. The van der Waals surface area contributed by atoms with Crippen molar-refractivity contribution in [3.63, 3.8) is 0 Å². The van der Waals surface area contributed by atoms with Gasteiger partial charge in [-0.25, -0.2) is 0 Å². The van der Waals surface area contributed by atoms with Crippen LogP contribution in [0.1, 0.15) is 39.0 Å². The fourth-order valence-corrected chi connectivity index (χ4v) is 3.34. The fourth-order valence-electron chi connectivity index (χ4n) is 3.34. The molecule has 0 aromatic rings. The summed E-state index contributed by atoms with van der Waals surface area (Å²) < 4.78 is 5.71. The van der Waals surface area contributed by atoms with Crippen LogP contribution in [0.4, 0.5) is 0 Å². The maximum atomic E-state index is 8.66. The van der Waals surface area contributed by atoms with E-state index >= 15 is 0 Å². The molecule has 0 amide bonds. The molecule has 0 heterocycles. The molecule has 0 spiro atoms. The van der Waals surface area contributed by atoms with Gasteiger partial charge in [-0.05, 0) is 56.8 Å². The van der Waals surface area contributed by atoms with Gasteiger partial charge in [0.15, 0.2) is 0 Å². The van der Waals surface area contributed by atoms with Crippen molar-refractivity contribution in [2.45, 2.75) is 39.0 Å². The molecule has 1 N–H and O–H groups in total. The van der Waals surface area contributed by atoms with E-state index in [0.717, 1.165) is 43.8 Å². The lowest BCUT2D eigenvalue weighted by Crippen LogP contribution is -2.18. The second-order valence-electron chi connectivity index (χ2n) is 5.26. The van der Waals surface area contributed by atoms with Gasteiger partial charge < -0.3 is 9.84 Å². The molecule has 2 bridgehead atoms. The van der Waals surface area contributed by atoms with E-state index in [4.69, 9.17) is 9.84 Å². The quantitative estimate of drug-likeness (QED) is 0.555. The van der Waals surface area contributed by atoms with Crippen LogP contribution >= 0.6 is 0 Å². The van der Waals surface area contributed by atoms with Crippen LogP contribution in [0, 0.1) is 17.8 Å². The molecule has 2 aliphatic rings. The Bertz CT molecular complexity index is 247. The Hall–Kier alpha value is -0.340. The first-order valence-corrected chi connectivity index (χ1v) is 6.68. The van der Waals surface area contributed by atoms with Gasteiger partial charge in [0.05, 0.1) is 0 Å². The normalized spacial score (nSPS) is 35.1. The van der Waals surface area contributed by atoms with Crippen molar-refractivity contribution in [2.24, 2.45) is 17.8 Å². The molecular formula is C14H24O2. The van der Waals surface area contributed by atoms with Crippen LogP contribution in [0.2, 0.25) is 0 Å². The third-order valence-electron chi connectivity index (χ3n) is 4.26. The van der Waals surface area contributed by atoms with Crippen LogP contribution in [0.25, 0.3) is 0 Å². The molecule has 1 unspecified atom stereocenters. The Morgan fingerprint density at radius 2 is 2.25 bits per heavy atom. The van der Waals surface area contributed by atoms with Crippen molar-refractivity contribution in [3.05, 3.63) is 11.6 Å². The van der Waals surface area contributed by atoms with Crippen LogP contribution in [0.5, 0.6) is 0 Å². The number of allylic oxidation sites excluding steroid dienone is 2. The zero-order valence-electron chi connectivity index (χ0n) is 10.3. The van der Waals surface area contributed by atoms with E-state index in [1.807, 2.05) is 0 Å². The first-order valence-electron chi connectivity index (χ1n) is 6.68. The van der Waals surface area contributed by atoms with Gasteiger partial charge in [-0.2, -0.15) is 0 Å². The van der Waals surface area contributed by atoms with Crippen molar-refractivity contribution in [2.75, 3.05) is 19.8 Å².